The first-order valence-electron chi connectivity index (χ1n) is 6.82. The molecule has 2 heterocycles. The first-order chi connectivity index (χ1) is 10.0. The van der Waals surface area contributed by atoms with Crippen LogP contribution in [0.1, 0.15) is 6.92 Å². The van der Waals surface area contributed by atoms with Gasteiger partial charge >= 0.3 is 5.97 Å². The highest BCUT2D eigenvalue weighted by Crippen LogP contribution is 2.25. The number of nitrogens with zero attached hydrogens (tertiary/aromatic N) is 3. The van der Waals surface area contributed by atoms with Crippen molar-refractivity contribution in [3.05, 3.63) is 23.2 Å². The van der Waals surface area contributed by atoms with Crippen LogP contribution in [0.5, 0.6) is 0 Å². The Balaban J connectivity index is 1.72. The minimum Gasteiger partial charge on any atom is -0.480 e. The highest BCUT2D eigenvalue weighted by atomic mass is 35.5. The fourth-order valence-corrected chi connectivity index (χ4v) is 2.65. The second-order valence-corrected chi connectivity index (χ2v) is 5.58. The monoisotopic (exact) mass is 309 g/mol. The van der Waals surface area contributed by atoms with Crippen LogP contribution in [-0.2, 0) is 4.79 Å². The molecule has 3 rings (SSSR count). The summed E-state index contributed by atoms with van der Waals surface area (Å²) >= 11 is 5.94. The lowest BCUT2D eigenvalue weighted by Crippen LogP contribution is -2.51. The number of anilines is 1. The molecule has 6 nitrogen and oxygen atoms in total. The van der Waals surface area contributed by atoms with Gasteiger partial charge < -0.3 is 14.4 Å². The Labute approximate surface area is 126 Å². The van der Waals surface area contributed by atoms with Crippen LogP contribution in [0.3, 0.4) is 0 Å². The molecular weight excluding hydrogens is 294 g/mol. The predicted molar refractivity (Wildman–Crippen MR) is 79.9 cm³/mol. The lowest BCUT2D eigenvalue weighted by atomic mass is 10.2. The topological polar surface area (TPSA) is 69.8 Å². The van der Waals surface area contributed by atoms with Crippen molar-refractivity contribution < 1.29 is 14.3 Å². The Hall–Kier alpha value is -1.79. The molecular formula is C14H16ClN3O3. The minimum absolute atomic E-state index is 0.463. The number of aliphatic carboxylic acids is 1. The first kappa shape index (κ1) is 14.2. The number of halogens is 1. The van der Waals surface area contributed by atoms with E-state index in [1.165, 1.54) is 0 Å². The highest BCUT2D eigenvalue weighted by Gasteiger charge is 2.27. The summed E-state index contributed by atoms with van der Waals surface area (Å²) in [6.07, 6.45) is 0. The van der Waals surface area contributed by atoms with E-state index in [1.54, 1.807) is 25.1 Å². The molecule has 0 saturated carbocycles. The zero-order valence-electron chi connectivity index (χ0n) is 11.6. The molecule has 1 aliphatic heterocycles. The number of carboxylic acids is 1. The number of piperazine rings is 1. The molecule has 7 heteroatoms. The molecule has 1 saturated heterocycles. The Morgan fingerprint density at radius 1 is 1.38 bits per heavy atom. The van der Waals surface area contributed by atoms with Gasteiger partial charge in [0.2, 0.25) is 0 Å². The van der Waals surface area contributed by atoms with E-state index in [9.17, 15) is 4.79 Å². The number of carboxylic acid groups (broad SMARTS) is 1. The molecule has 0 spiro atoms. The molecule has 1 aromatic heterocycles. The number of rotatable bonds is 3. The minimum atomic E-state index is -0.792. The third-order valence-corrected chi connectivity index (χ3v) is 4.06. The second-order valence-electron chi connectivity index (χ2n) is 5.15. The van der Waals surface area contributed by atoms with Gasteiger partial charge in [0, 0.05) is 31.2 Å². The van der Waals surface area contributed by atoms with Crippen LogP contribution in [-0.4, -0.2) is 53.2 Å². The van der Waals surface area contributed by atoms with E-state index in [2.05, 4.69) is 4.98 Å². The van der Waals surface area contributed by atoms with Crippen molar-refractivity contribution in [2.75, 3.05) is 31.1 Å². The zero-order valence-corrected chi connectivity index (χ0v) is 12.4. The van der Waals surface area contributed by atoms with Crippen LogP contribution in [0.4, 0.5) is 6.01 Å². The van der Waals surface area contributed by atoms with Crippen molar-refractivity contribution in [1.29, 1.82) is 0 Å². The maximum atomic E-state index is 11.0. The summed E-state index contributed by atoms with van der Waals surface area (Å²) in [7, 11) is 0. The van der Waals surface area contributed by atoms with Gasteiger partial charge in [0.1, 0.15) is 11.6 Å². The van der Waals surface area contributed by atoms with E-state index in [0.29, 0.717) is 42.8 Å². The summed E-state index contributed by atoms with van der Waals surface area (Å²) in [6, 6.07) is 5.44. The van der Waals surface area contributed by atoms with E-state index in [4.69, 9.17) is 21.1 Å². The number of benzene rings is 1. The van der Waals surface area contributed by atoms with Gasteiger partial charge in [-0.25, -0.2) is 0 Å². The molecule has 1 atom stereocenters. The predicted octanol–water partition coefficient (Wildman–Crippen LogP) is 2.08. The Kier molecular flexibility index (Phi) is 3.73. The molecule has 2 aromatic rings. The normalized spacial score (nSPS) is 18.1. The maximum Gasteiger partial charge on any atom is 0.320 e. The van der Waals surface area contributed by atoms with Crippen LogP contribution in [0.15, 0.2) is 22.6 Å². The number of hydrogen-bond donors (Lipinski definition) is 1. The van der Waals surface area contributed by atoms with Gasteiger partial charge in [-0.3, -0.25) is 9.69 Å². The fourth-order valence-electron chi connectivity index (χ4n) is 2.48. The molecule has 1 unspecified atom stereocenters. The second kappa shape index (κ2) is 5.54. The van der Waals surface area contributed by atoms with Crippen LogP contribution in [0, 0.1) is 0 Å². The lowest BCUT2D eigenvalue weighted by Gasteiger charge is -2.35. The molecule has 112 valence electrons. The SMILES string of the molecule is CC(C(=O)O)N1CCN(c2nc3cc(Cl)ccc3o2)CC1. The van der Waals surface area contributed by atoms with E-state index in [0.717, 1.165) is 5.52 Å². The number of fused-ring (bicyclic) bond motifs is 1. The average molecular weight is 310 g/mol. The van der Waals surface area contributed by atoms with Crippen molar-refractivity contribution >= 4 is 34.7 Å². The van der Waals surface area contributed by atoms with E-state index in [-0.39, 0.29) is 0 Å². The first-order valence-corrected chi connectivity index (χ1v) is 7.20. The van der Waals surface area contributed by atoms with Crippen molar-refractivity contribution in [2.45, 2.75) is 13.0 Å². The number of hydrogen-bond acceptors (Lipinski definition) is 5. The number of oxazole rings is 1. The van der Waals surface area contributed by atoms with Crippen LogP contribution < -0.4 is 4.90 Å². The average Bonchev–Trinajstić information content (AvgIpc) is 2.89. The van der Waals surface area contributed by atoms with Gasteiger partial charge in [0.15, 0.2) is 5.58 Å². The molecule has 0 radical (unpaired) electrons. The van der Waals surface area contributed by atoms with Gasteiger partial charge in [0.05, 0.1) is 0 Å². The summed E-state index contributed by atoms with van der Waals surface area (Å²) in [5.41, 5.74) is 1.44. The molecule has 1 aromatic carbocycles. The summed E-state index contributed by atoms with van der Waals surface area (Å²) in [6.45, 7) is 4.44. The van der Waals surface area contributed by atoms with Crippen molar-refractivity contribution in [3.63, 3.8) is 0 Å². The summed E-state index contributed by atoms with van der Waals surface area (Å²) < 4.78 is 5.73. The van der Waals surface area contributed by atoms with E-state index in [1.807, 2.05) is 9.80 Å². The van der Waals surface area contributed by atoms with Crippen molar-refractivity contribution in [3.8, 4) is 0 Å². The number of aromatic nitrogens is 1. The molecule has 1 N–H and O–H groups in total. The van der Waals surface area contributed by atoms with Gasteiger partial charge in [-0.1, -0.05) is 11.6 Å². The quantitative estimate of drug-likeness (QED) is 0.936. The highest BCUT2D eigenvalue weighted by molar-refractivity contribution is 6.31. The smallest absolute Gasteiger partial charge is 0.320 e. The van der Waals surface area contributed by atoms with Gasteiger partial charge in [-0.05, 0) is 25.1 Å². The van der Waals surface area contributed by atoms with Crippen molar-refractivity contribution in [1.82, 2.24) is 9.88 Å². The summed E-state index contributed by atoms with van der Waals surface area (Å²) in [4.78, 5) is 19.4. The molecule has 0 amide bonds. The van der Waals surface area contributed by atoms with Crippen LogP contribution in [0.2, 0.25) is 5.02 Å². The Morgan fingerprint density at radius 2 is 2.10 bits per heavy atom. The van der Waals surface area contributed by atoms with Gasteiger partial charge in [-0.15, -0.1) is 0 Å². The maximum absolute atomic E-state index is 11.0. The molecule has 0 aliphatic carbocycles. The Morgan fingerprint density at radius 3 is 2.76 bits per heavy atom. The molecule has 1 aliphatic rings. The summed E-state index contributed by atoms with van der Waals surface area (Å²) in [5, 5.41) is 9.67. The lowest BCUT2D eigenvalue weighted by molar-refractivity contribution is -0.142. The van der Waals surface area contributed by atoms with Crippen LogP contribution >= 0.6 is 11.6 Å². The van der Waals surface area contributed by atoms with E-state index < -0.39 is 12.0 Å². The standard InChI is InChI=1S/C14H16ClN3O3/c1-9(13(19)20)17-4-6-18(7-5-17)14-16-11-8-10(15)2-3-12(11)21-14/h2-3,8-9H,4-7H2,1H3,(H,19,20). The summed E-state index contributed by atoms with van der Waals surface area (Å²) in [5.74, 6) is -0.792. The molecule has 21 heavy (non-hydrogen) atoms. The fraction of sp³-hybridized carbons (Fsp3) is 0.429. The zero-order chi connectivity index (χ0) is 15.0. The van der Waals surface area contributed by atoms with Crippen molar-refractivity contribution in [2.24, 2.45) is 0 Å². The number of carbonyl (C=O) groups is 1. The third kappa shape index (κ3) is 2.82. The largest absolute Gasteiger partial charge is 0.480 e. The van der Waals surface area contributed by atoms with Crippen LogP contribution in [0.25, 0.3) is 11.1 Å². The van der Waals surface area contributed by atoms with Gasteiger partial charge in [-0.2, -0.15) is 4.98 Å². The molecule has 1 fully saturated rings. The molecule has 0 bridgehead atoms. The Bertz CT molecular complexity index is 665. The van der Waals surface area contributed by atoms with Gasteiger partial charge in [0.25, 0.3) is 6.01 Å². The van der Waals surface area contributed by atoms with E-state index >= 15 is 0 Å². The third-order valence-electron chi connectivity index (χ3n) is 3.83.